The quantitative estimate of drug-likeness (QED) is 0.323. The molecule has 1 aromatic heterocycles. The normalized spacial score (nSPS) is 16.1. The van der Waals surface area contributed by atoms with Crippen LogP contribution in [0.2, 0.25) is 0 Å². The summed E-state index contributed by atoms with van der Waals surface area (Å²) in [5.41, 5.74) is 2.19. The number of hydrogen-bond acceptors (Lipinski definition) is 6. The van der Waals surface area contributed by atoms with Gasteiger partial charge in [-0.15, -0.1) is 11.3 Å². The predicted molar refractivity (Wildman–Crippen MR) is 131 cm³/mol. The van der Waals surface area contributed by atoms with Gasteiger partial charge in [0, 0.05) is 23.6 Å². The van der Waals surface area contributed by atoms with Crippen molar-refractivity contribution in [2.24, 2.45) is 0 Å². The zero-order chi connectivity index (χ0) is 23.6. The second-order valence-corrected chi connectivity index (χ2v) is 9.91. The Labute approximate surface area is 200 Å². The Bertz CT molecular complexity index is 892. The third-order valence-corrected chi connectivity index (χ3v) is 6.71. The van der Waals surface area contributed by atoms with Crippen molar-refractivity contribution in [3.05, 3.63) is 51.7 Å². The molecule has 2 aromatic rings. The van der Waals surface area contributed by atoms with Gasteiger partial charge in [0.05, 0.1) is 25.4 Å². The zero-order valence-electron chi connectivity index (χ0n) is 19.6. The van der Waals surface area contributed by atoms with E-state index in [9.17, 15) is 9.59 Å². The molecule has 180 valence electrons. The van der Waals surface area contributed by atoms with Crippen LogP contribution in [0.25, 0.3) is 0 Å². The number of ether oxygens (including phenoxy) is 2. The van der Waals surface area contributed by atoms with Gasteiger partial charge >= 0.3 is 5.97 Å². The number of aliphatic hydroxyl groups is 1. The van der Waals surface area contributed by atoms with Crippen molar-refractivity contribution in [1.29, 1.82) is 0 Å². The molecule has 0 radical (unpaired) electrons. The average Bonchev–Trinajstić information content (AvgIpc) is 3.41. The monoisotopic (exact) mass is 473 g/mol. The maximum Gasteiger partial charge on any atom is 0.348 e. The molecular weight excluding hydrogens is 438 g/mol. The molecule has 1 amide bonds. The maximum absolute atomic E-state index is 12.5. The first-order chi connectivity index (χ1) is 16.0. The molecule has 1 aromatic carbocycles. The number of aliphatic hydroxyl groups excluding tert-OH is 1. The van der Waals surface area contributed by atoms with Crippen LogP contribution in [0.1, 0.15) is 72.5 Å². The van der Waals surface area contributed by atoms with Crippen molar-refractivity contribution in [2.45, 2.75) is 77.5 Å². The smallest absolute Gasteiger partial charge is 0.348 e. The zero-order valence-corrected chi connectivity index (χ0v) is 20.4. The number of carbonyl (C=O) groups excluding carboxylic acids is 2. The van der Waals surface area contributed by atoms with Crippen LogP contribution in [0.3, 0.4) is 0 Å². The number of anilines is 1. The van der Waals surface area contributed by atoms with E-state index in [1.54, 1.807) is 6.07 Å². The number of amides is 1. The molecule has 1 aliphatic rings. The lowest BCUT2D eigenvalue weighted by Crippen LogP contribution is -2.36. The first-order valence-electron chi connectivity index (χ1n) is 11.9. The molecule has 2 heterocycles. The fourth-order valence-corrected chi connectivity index (χ4v) is 4.83. The van der Waals surface area contributed by atoms with Crippen molar-refractivity contribution in [3.8, 4) is 0 Å². The first kappa shape index (κ1) is 25.4. The lowest BCUT2D eigenvalue weighted by Gasteiger charge is -2.25. The van der Waals surface area contributed by atoms with Crippen LogP contribution in [0.5, 0.6) is 0 Å². The van der Waals surface area contributed by atoms with Gasteiger partial charge in [0.1, 0.15) is 4.88 Å². The minimum absolute atomic E-state index is 0.0205. The van der Waals surface area contributed by atoms with E-state index in [1.165, 1.54) is 16.9 Å². The standard InChI is InChI=1S/C26H35NO5S/c1-19(2)32-26(30)24-14-13-23(33-24)18-31-17-22-12-15-25(29)27(22)21-10-8-20(9-11-21)7-5-3-4-6-16-28/h8-11,13-14,19,22,28H,3-7,12,15-18H2,1-2H3/t22-/m1/s1. The molecule has 3 rings (SSSR count). The highest BCUT2D eigenvalue weighted by Crippen LogP contribution is 2.28. The highest BCUT2D eigenvalue weighted by atomic mass is 32.1. The number of unbranched alkanes of at least 4 members (excludes halogenated alkanes) is 3. The molecule has 1 N–H and O–H groups in total. The van der Waals surface area contributed by atoms with Crippen molar-refractivity contribution < 1.29 is 24.2 Å². The molecular formula is C26H35NO5S. The third-order valence-electron chi connectivity index (χ3n) is 5.67. The summed E-state index contributed by atoms with van der Waals surface area (Å²) >= 11 is 1.38. The van der Waals surface area contributed by atoms with Crippen molar-refractivity contribution in [3.63, 3.8) is 0 Å². The summed E-state index contributed by atoms with van der Waals surface area (Å²) < 4.78 is 11.2. The van der Waals surface area contributed by atoms with Crippen LogP contribution in [-0.2, 0) is 27.3 Å². The molecule has 0 aliphatic carbocycles. The molecule has 1 aliphatic heterocycles. The number of rotatable bonds is 13. The summed E-state index contributed by atoms with van der Waals surface area (Å²) in [4.78, 5) is 28.0. The maximum atomic E-state index is 12.5. The molecule has 0 bridgehead atoms. The molecule has 1 fully saturated rings. The minimum Gasteiger partial charge on any atom is -0.459 e. The number of hydrogen-bond donors (Lipinski definition) is 1. The number of aryl methyl sites for hydroxylation is 1. The average molecular weight is 474 g/mol. The van der Waals surface area contributed by atoms with Gasteiger partial charge in [0.15, 0.2) is 0 Å². The van der Waals surface area contributed by atoms with E-state index in [1.807, 2.05) is 36.9 Å². The molecule has 0 unspecified atom stereocenters. The van der Waals surface area contributed by atoms with Gasteiger partial charge in [-0.05, 0) is 69.4 Å². The third kappa shape index (κ3) is 7.66. The number of nitrogens with zero attached hydrogens (tertiary/aromatic N) is 1. The summed E-state index contributed by atoms with van der Waals surface area (Å²) in [7, 11) is 0. The van der Waals surface area contributed by atoms with E-state index < -0.39 is 0 Å². The molecule has 0 spiro atoms. The summed E-state index contributed by atoms with van der Waals surface area (Å²) in [6, 6.07) is 12.0. The topological polar surface area (TPSA) is 76.1 Å². The molecule has 0 saturated carbocycles. The van der Waals surface area contributed by atoms with Gasteiger partial charge in [-0.25, -0.2) is 4.79 Å². The lowest BCUT2D eigenvalue weighted by molar-refractivity contribution is -0.117. The van der Waals surface area contributed by atoms with Crippen LogP contribution in [0.4, 0.5) is 5.69 Å². The van der Waals surface area contributed by atoms with Gasteiger partial charge in [-0.1, -0.05) is 25.0 Å². The van der Waals surface area contributed by atoms with E-state index in [4.69, 9.17) is 14.6 Å². The van der Waals surface area contributed by atoms with Gasteiger partial charge in [0.2, 0.25) is 5.91 Å². The molecule has 7 heteroatoms. The Morgan fingerprint density at radius 1 is 1.12 bits per heavy atom. The van der Waals surface area contributed by atoms with Gasteiger partial charge in [-0.2, -0.15) is 0 Å². The molecule has 1 saturated heterocycles. The Kier molecular flexibility index (Phi) is 9.91. The Morgan fingerprint density at radius 2 is 1.88 bits per heavy atom. The number of benzene rings is 1. The van der Waals surface area contributed by atoms with Crippen LogP contribution >= 0.6 is 11.3 Å². The van der Waals surface area contributed by atoms with Crippen LogP contribution < -0.4 is 4.90 Å². The Balaban J connectivity index is 1.49. The van der Waals surface area contributed by atoms with Crippen LogP contribution in [-0.4, -0.2) is 42.3 Å². The van der Waals surface area contributed by atoms with E-state index in [0.29, 0.717) is 24.5 Å². The van der Waals surface area contributed by atoms with E-state index in [0.717, 1.165) is 49.1 Å². The predicted octanol–water partition coefficient (Wildman–Crippen LogP) is 5.12. The van der Waals surface area contributed by atoms with Crippen molar-refractivity contribution >= 4 is 28.9 Å². The molecule has 1 atom stereocenters. The second-order valence-electron chi connectivity index (χ2n) is 8.75. The van der Waals surface area contributed by atoms with Gasteiger partial charge in [-0.3, -0.25) is 4.79 Å². The van der Waals surface area contributed by atoms with E-state index in [-0.39, 0.29) is 30.6 Å². The summed E-state index contributed by atoms with van der Waals surface area (Å²) in [6.45, 7) is 4.80. The molecule has 33 heavy (non-hydrogen) atoms. The number of esters is 1. The van der Waals surface area contributed by atoms with Gasteiger partial charge in [0.25, 0.3) is 0 Å². The number of carbonyl (C=O) groups is 2. The van der Waals surface area contributed by atoms with Crippen LogP contribution in [0, 0.1) is 0 Å². The molecule has 6 nitrogen and oxygen atoms in total. The summed E-state index contributed by atoms with van der Waals surface area (Å²) in [5.74, 6) is -0.169. The largest absolute Gasteiger partial charge is 0.459 e. The van der Waals surface area contributed by atoms with Crippen molar-refractivity contribution in [2.75, 3.05) is 18.1 Å². The highest BCUT2D eigenvalue weighted by Gasteiger charge is 2.32. The van der Waals surface area contributed by atoms with Crippen molar-refractivity contribution in [1.82, 2.24) is 0 Å². The summed E-state index contributed by atoms with van der Waals surface area (Å²) in [5, 5.41) is 8.86. The Morgan fingerprint density at radius 3 is 2.61 bits per heavy atom. The van der Waals surface area contributed by atoms with Gasteiger partial charge < -0.3 is 19.5 Å². The second kappa shape index (κ2) is 12.9. The number of thiophene rings is 1. The lowest BCUT2D eigenvalue weighted by atomic mass is 10.1. The fraction of sp³-hybridized carbons (Fsp3) is 0.538. The SMILES string of the molecule is CC(C)OC(=O)c1ccc(COC[C@H]2CCC(=O)N2c2ccc(CCCCCCO)cc2)s1. The fourth-order valence-electron chi connectivity index (χ4n) is 4.01. The summed E-state index contributed by atoms with van der Waals surface area (Å²) in [6.07, 6.45) is 6.35. The minimum atomic E-state index is -0.303. The Hall–Kier alpha value is -2.22. The van der Waals surface area contributed by atoms with Crippen LogP contribution in [0.15, 0.2) is 36.4 Å². The first-order valence-corrected chi connectivity index (χ1v) is 12.7. The highest BCUT2D eigenvalue weighted by molar-refractivity contribution is 7.13. The van der Waals surface area contributed by atoms with E-state index in [2.05, 4.69) is 12.1 Å². The van der Waals surface area contributed by atoms with E-state index >= 15 is 0 Å².